The molecular formula is C17H23ClN2O2Si. The van der Waals surface area contributed by atoms with Crippen LogP contribution in [0.2, 0.25) is 30.7 Å². The lowest BCUT2D eigenvalue weighted by Crippen LogP contribution is -2.33. The number of carbonyl (C=O) groups is 1. The van der Waals surface area contributed by atoms with Gasteiger partial charge in [0, 0.05) is 31.6 Å². The summed E-state index contributed by atoms with van der Waals surface area (Å²) in [5, 5.41) is 4.69. The van der Waals surface area contributed by atoms with Crippen molar-refractivity contribution in [1.82, 2.24) is 9.88 Å². The van der Waals surface area contributed by atoms with Crippen LogP contribution in [-0.2, 0) is 17.9 Å². The van der Waals surface area contributed by atoms with Crippen LogP contribution in [0, 0.1) is 0 Å². The zero-order valence-electron chi connectivity index (χ0n) is 13.9. The first-order valence-corrected chi connectivity index (χ1v) is 12.1. The van der Waals surface area contributed by atoms with E-state index in [4.69, 9.17) is 16.3 Å². The largest absolute Gasteiger partial charge is 0.361 e. The molecular weight excluding hydrogens is 328 g/mol. The molecule has 0 saturated heterocycles. The van der Waals surface area contributed by atoms with Gasteiger partial charge in [0.05, 0.1) is 5.52 Å². The number of amides is 1. The third kappa shape index (κ3) is 3.46. The number of fused-ring (bicyclic) bond motifs is 3. The van der Waals surface area contributed by atoms with E-state index < -0.39 is 8.07 Å². The van der Waals surface area contributed by atoms with Crippen molar-refractivity contribution in [1.29, 1.82) is 0 Å². The van der Waals surface area contributed by atoms with Gasteiger partial charge < -0.3 is 14.6 Å². The first-order valence-electron chi connectivity index (χ1n) is 8.03. The molecule has 0 fully saturated rings. The minimum absolute atomic E-state index is 0.0210. The van der Waals surface area contributed by atoms with Gasteiger partial charge in [0.2, 0.25) is 0 Å². The maximum atomic E-state index is 12.3. The summed E-state index contributed by atoms with van der Waals surface area (Å²) in [5.74, 6) is -0.0210. The van der Waals surface area contributed by atoms with Gasteiger partial charge in [-0.05, 0) is 36.2 Å². The van der Waals surface area contributed by atoms with Crippen molar-refractivity contribution in [3.8, 4) is 0 Å². The molecule has 0 saturated carbocycles. The van der Waals surface area contributed by atoms with E-state index in [0.717, 1.165) is 41.2 Å². The molecule has 0 radical (unpaired) electrons. The highest BCUT2D eigenvalue weighted by Crippen LogP contribution is 2.31. The molecule has 2 heterocycles. The Morgan fingerprint density at radius 2 is 2.13 bits per heavy atom. The minimum Gasteiger partial charge on any atom is -0.361 e. The highest BCUT2D eigenvalue weighted by Gasteiger charge is 2.26. The summed E-state index contributed by atoms with van der Waals surface area (Å²) < 4.78 is 7.88. The van der Waals surface area contributed by atoms with E-state index in [0.29, 0.717) is 18.3 Å². The van der Waals surface area contributed by atoms with Crippen LogP contribution in [0.1, 0.15) is 16.1 Å². The Balaban J connectivity index is 1.92. The number of aromatic nitrogens is 1. The summed E-state index contributed by atoms with van der Waals surface area (Å²) in [4.78, 5) is 12.3. The predicted octanol–water partition coefficient (Wildman–Crippen LogP) is 3.89. The van der Waals surface area contributed by atoms with Crippen molar-refractivity contribution in [3.63, 3.8) is 0 Å². The topological polar surface area (TPSA) is 43.3 Å². The van der Waals surface area contributed by atoms with Crippen LogP contribution in [0.25, 0.3) is 10.9 Å². The van der Waals surface area contributed by atoms with Gasteiger partial charge in [0.1, 0.15) is 12.4 Å². The maximum absolute atomic E-state index is 12.3. The number of benzene rings is 1. The fourth-order valence-electron chi connectivity index (χ4n) is 2.96. The van der Waals surface area contributed by atoms with Crippen LogP contribution < -0.4 is 5.32 Å². The maximum Gasteiger partial charge on any atom is 0.268 e. The third-order valence-corrected chi connectivity index (χ3v) is 6.16. The Morgan fingerprint density at radius 3 is 2.87 bits per heavy atom. The van der Waals surface area contributed by atoms with Crippen LogP contribution in [-0.4, -0.2) is 31.7 Å². The highest BCUT2D eigenvalue weighted by molar-refractivity contribution is 6.76. The second-order valence-corrected chi connectivity index (χ2v) is 13.3. The Labute approximate surface area is 142 Å². The summed E-state index contributed by atoms with van der Waals surface area (Å²) in [6, 6.07) is 6.91. The van der Waals surface area contributed by atoms with E-state index >= 15 is 0 Å². The predicted molar refractivity (Wildman–Crippen MR) is 97.1 cm³/mol. The number of ether oxygens (including phenoxy) is 1. The normalized spacial score (nSPS) is 14.9. The summed E-state index contributed by atoms with van der Waals surface area (Å²) in [6.07, 6.45) is 0.833. The Morgan fingerprint density at radius 1 is 1.35 bits per heavy atom. The summed E-state index contributed by atoms with van der Waals surface area (Å²) in [6.45, 7) is 8.81. The van der Waals surface area contributed by atoms with E-state index in [1.165, 1.54) is 0 Å². The molecule has 0 aliphatic carbocycles. The first-order chi connectivity index (χ1) is 10.9. The Bertz CT molecular complexity index is 749. The van der Waals surface area contributed by atoms with E-state index in [1.807, 2.05) is 22.8 Å². The molecule has 3 rings (SSSR count). The summed E-state index contributed by atoms with van der Waals surface area (Å²) in [5.41, 5.74) is 2.83. The Kier molecular flexibility index (Phi) is 4.53. The van der Waals surface area contributed by atoms with Crippen molar-refractivity contribution in [2.45, 2.75) is 38.8 Å². The number of halogens is 1. The molecule has 1 amide bonds. The Hall–Kier alpha value is -1.30. The van der Waals surface area contributed by atoms with Gasteiger partial charge in [-0.15, -0.1) is 0 Å². The zero-order valence-corrected chi connectivity index (χ0v) is 15.7. The summed E-state index contributed by atoms with van der Waals surface area (Å²) >= 11 is 6.15. The van der Waals surface area contributed by atoms with Crippen LogP contribution in [0.15, 0.2) is 18.2 Å². The van der Waals surface area contributed by atoms with Gasteiger partial charge in [0.25, 0.3) is 5.91 Å². The van der Waals surface area contributed by atoms with Crippen molar-refractivity contribution in [2.24, 2.45) is 0 Å². The number of hydrogen-bond acceptors (Lipinski definition) is 2. The van der Waals surface area contributed by atoms with Gasteiger partial charge >= 0.3 is 0 Å². The molecule has 1 aromatic heterocycles. The molecule has 0 unspecified atom stereocenters. The van der Waals surface area contributed by atoms with Gasteiger partial charge in [-0.25, -0.2) is 0 Å². The quantitative estimate of drug-likeness (QED) is 0.656. The number of nitrogens with zero attached hydrogens (tertiary/aromatic N) is 1. The van der Waals surface area contributed by atoms with E-state index in [9.17, 15) is 4.79 Å². The number of nitrogens with one attached hydrogen (secondary N) is 1. The molecule has 1 aromatic carbocycles. The van der Waals surface area contributed by atoms with E-state index in [-0.39, 0.29) is 5.91 Å². The minimum atomic E-state index is -1.11. The second kappa shape index (κ2) is 6.30. The lowest BCUT2D eigenvalue weighted by atomic mass is 10.0. The standard InChI is InChI=1S/C17H23ClN2O2Si/c1-23(2,3)9-8-22-11-20-15-5-4-12(18)10-14(15)13-6-7-19-17(21)16(13)20/h4-5,10H,6-9,11H2,1-3H3,(H,19,21). The van der Waals surface area contributed by atoms with Crippen LogP contribution >= 0.6 is 11.6 Å². The van der Waals surface area contributed by atoms with E-state index in [1.54, 1.807) is 0 Å². The van der Waals surface area contributed by atoms with Crippen molar-refractivity contribution in [3.05, 3.63) is 34.5 Å². The molecule has 1 N–H and O–H groups in total. The van der Waals surface area contributed by atoms with Crippen molar-refractivity contribution < 1.29 is 9.53 Å². The van der Waals surface area contributed by atoms with Gasteiger partial charge in [-0.2, -0.15) is 0 Å². The molecule has 124 valence electrons. The monoisotopic (exact) mass is 350 g/mol. The second-order valence-electron chi connectivity index (χ2n) is 7.27. The van der Waals surface area contributed by atoms with Crippen molar-refractivity contribution in [2.75, 3.05) is 13.2 Å². The fraction of sp³-hybridized carbons (Fsp3) is 0.471. The number of rotatable bonds is 5. The van der Waals surface area contributed by atoms with Crippen LogP contribution in [0.3, 0.4) is 0 Å². The molecule has 0 atom stereocenters. The molecule has 6 heteroatoms. The molecule has 0 bridgehead atoms. The fourth-order valence-corrected chi connectivity index (χ4v) is 3.89. The number of hydrogen-bond donors (Lipinski definition) is 1. The SMILES string of the molecule is C[Si](C)(C)CCOCn1c2c(c3cc(Cl)ccc31)CCNC2=O. The van der Waals surface area contributed by atoms with Gasteiger partial charge in [-0.3, -0.25) is 4.79 Å². The van der Waals surface area contributed by atoms with E-state index in [2.05, 4.69) is 25.0 Å². The molecule has 2 aromatic rings. The van der Waals surface area contributed by atoms with Gasteiger partial charge in [-0.1, -0.05) is 31.2 Å². The van der Waals surface area contributed by atoms with Crippen LogP contribution in [0.5, 0.6) is 0 Å². The van der Waals surface area contributed by atoms with Crippen LogP contribution in [0.4, 0.5) is 0 Å². The average Bonchev–Trinajstić information content (AvgIpc) is 2.78. The molecule has 1 aliphatic heterocycles. The number of carbonyl (C=O) groups excluding carboxylic acids is 1. The van der Waals surface area contributed by atoms with Gasteiger partial charge in [0.15, 0.2) is 0 Å². The zero-order chi connectivity index (χ0) is 16.6. The smallest absolute Gasteiger partial charge is 0.268 e. The van der Waals surface area contributed by atoms with Crippen molar-refractivity contribution >= 4 is 36.5 Å². The summed E-state index contributed by atoms with van der Waals surface area (Å²) in [7, 11) is -1.11. The highest BCUT2D eigenvalue weighted by atomic mass is 35.5. The first kappa shape index (κ1) is 16.6. The average molecular weight is 351 g/mol. The molecule has 23 heavy (non-hydrogen) atoms. The molecule has 4 nitrogen and oxygen atoms in total. The lowest BCUT2D eigenvalue weighted by Gasteiger charge is -2.18. The third-order valence-electron chi connectivity index (χ3n) is 4.22. The molecule has 1 aliphatic rings. The molecule has 0 spiro atoms. The lowest BCUT2D eigenvalue weighted by molar-refractivity contribution is 0.0803.